The van der Waals surface area contributed by atoms with Crippen LogP contribution in [-0.2, 0) is 4.79 Å². The first-order valence-corrected chi connectivity index (χ1v) is 8.92. The highest BCUT2D eigenvalue weighted by Gasteiger charge is 2.31. The minimum Gasteiger partial charge on any atom is -0.497 e. The molecule has 0 aliphatic carbocycles. The summed E-state index contributed by atoms with van der Waals surface area (Å²) in [5, 5.41) is 13.8. The van der Waals surface area contributed by atoms with Crippen LogP contribution in [0.2, 0.25) is 0 Å². The van der Waals surface area contributed by atoms with Crippen molar-refractivity contribution >= 4 is 11.6 Å². The number of hydrogen-bond donors (Lipinski definition) is 1. The van der Waals surface area contributed by atoms with Gasteiger partial charge in [-0.05, 0) is 29.8 Å². The molecule has 1 aliphatic heterocycles. The average Bonchev–Trinajstić information content (AvgIpc) is 2.73. The van der Waals surface area contributed by atoms with Crippen LogP contribution in [0.15, 0.2) is 57.7 Å². The number of carbonyl (C=O) groups excluding carboxylic acids is 1. The number of ether oxygens (including phenoxy) is 2. The molecule has 1 aliphatic rings. The molecule has 152 valence electrons. The van der Waals surface area contributed by atoms with Gasteiger partial charge in [0.2, 0.25) is 12.1 Å². The molecule has 30 heavy (non-hydrogen) atoms. The average molecular weight is 408 g/mol. The summed E-state index contributed by atoms with van der Waals surface area (Å²) in [6.45, 7) is 1.33. The van der Waals surface area contributed by atoms with E-state index in [0.29, 0.717) is 16.9 Å². The Morgan fingerprint density at radius 1 is 1.13 bits per heavy atom. The fourth-order valence-corrected chi connectivity index (χ4v) is 3.26. The Labute approximate surface area is 170 Å². The van der Waals surface area contributed by atoms with Gasteiger partial charge in [-0.1, -0.05) is 12.1 Å². The fraction of sp³-hybridized carbons (Fsp3) is 0.143. The maximum atomic E-state index is 12.7. The zero-order valence-corrected chi connectivity index (χ0v) is 16.0. The van der Waals surface area contributed by atoms with Gasteiger partial charge in [0.1, 0.15) is 11.5 Å². The second kappa shape index (κ2) is 7.36. The molecule has 0 saturated carbocycles. The molecular weight excluding hydrogens is 392 g/mol. The van der Waals surface area contributed by atoms with E-state index in [-0.39, 0.29) is 34.2 Å². The number of nitro groups is 1. The number of methoxy groups -OCH3 is 1. The Hall–Kier alpha value is -4.14. The van der Waals surface area contributed by atoms with Gasteiger partial charge in [0, 0.05) is 19.1 Å². The van der Waals surface area contributed by atoms with E-state index in [2.05, 4.69) is 5.32 Å². The summed E-state index contributed by atoms with van der Waals surface area (Å²) >= 11 is 0. The predicted molar refractivity (Wildman–Crippen MR) is 106 cm³/mol. The van der Waals surface area contributed by atoms with Crippen molar-refractivity contribution in [2.45, 2.75) is 13.2 Å². The number of nitrogens with zero attached hydrogens (tertiary/aromatic N) is 1. The van der Waals surface area contributed by atoms with Crippen molar-refractivity contribution in [1.29, 1.82) is 0 Å². The molecule has 0 spiro atoms. The molecule has 9 heteroatoms. The number of non-ortho nitro benzene ring substituents is 1. The van der Waals surface area contributed by atoms with Crippen molar-refractivity contribution < 1.29 is 23.6 Å². The molecule has 9 nitrogen and oxygen atoms in total. The van der Waals surface area contributed by atoms with Gasteiger partial charge < -0.3 is 19.2 Å². The van der Waals surface area contributed by atoms with Gasteiger partial charge in [-0.3, -0.25) is 14.9 Å². The Balaban J connectivity index is 1.91. The highest BCUT2D eigenvalue weighted by molar-refractivity contribution is 5.78. The van der Waals surface area contributed by atoms with Crippen LogP contribution in [0.25, 0.3) is 22.5 Å². The lowest BCUT2D eigenvalue weighted by molar-refractivity contribution is -0.384. The van der Waals surface area contributed by atoms with Crippen LogP contribution in [0, 0.1) is 10.1 Å². The maximum absolute atomic E-state index is 12.7. The van der Waals surface area contributed by atoms with Gasteiger partial charge in [0.15, 0.2) is 5.76 Å². The first-order chi connectivity index (χ1) is 14.4. The predicted octanol–water partition coefficient (Wildman–Crippen LogP) is 3.42. The first kappa shape index (κ1) is 19.2. The minimum absolute atomic E-state index is 0.112. The molecule has 4 rings (SSSR count). The van der Waals surface area contributed by atoms with Gasteiger partial charge in [0.25, 0.3) is 5.69 Å². The lowest BCUT2D eigenvalue weighted by atomic mass is 9.98. The van der Waals surface area contributed by atoms with E-state index in [1.54, 1.807) is 30.3 Å². The molecule has 0 fully saturated rings. The Morgan fingerprint density at radius 3 is 2.50 bits per heavy atom. The molecule has 2 aromatic carbocycles. The molecule has 1 N–H and O–H groups in total. The molecule has 0 bridgehead atoms. The lowest BCUT2D eigenvalue weighted by Crippen LogP contribution is -2.33. The monoisotopic (exact) mass is 408 g/mol. The zero-order valence-electron chi connectivity index (χ0n) is 16.0. The highest BCUT2D eigenvalue weighted by Crippen LogP contribution is 2.43. The smallest absolute Gasteiger partial charge is 0.344 e. The van der Waals surface area contributed by atoms with Crippen LogP contribution in [0.1, 0.15) is 18.7 Å². The number of carbonyl (C=O) groups is 1. The second-order valence-corrected chi connectivity index (χ2v) is 6.60. The van der Waals surface area contributed by atoms with E-state index >= 15 is 0 Å². The number of nitro benzene ring substituents is 1. The molecule has 0 radical (unpaired) electrons. The van der Waals surface area contributed by atoms with Crippen LogP contribution in [-0.4, -0.2) is 17.9 Å². The second-order valence-electron chi connectivity index (χ2n) is 6.60. The Kier molecular flexibility index (Phi) is 4.71. The van der Waals surface area contributed by atoms with Crippen LogP contribution in [0.5, 0.6) is 11.5 Å². The van der Waals surface area contributed by atoms with Crippen LogP contribution >= 0.6 is 0 Å². The summed E-state index contributed by atoms with van der Waals surface area (Å²) in [6.07, 6.45) is -0.923. The Bertz CT molecular complexity index is 1220. The summed E-state index contributed by atoms with van der Waals surface area (Å²) in [7, 11) is 1.54. The standard InChI is InChI=1S/C21H16N2O7/c1-11(24)22-20-17-10-15(12-3-6-14(28-2)7-4-12)21(25)30-19(17)16-9-13(23(26)27)5-8-18(16)29-20/h3-10,20H,1-2H3,(H,22,24). The highest BCUT2D eigenvalue weighted by atomic mass is 16.6. The molecule has 1 atom stereocenters. The summed E-state index contributed by atoms with van der Waals surface area (Å²) in [6, 6.07) is 12.3. The van der Waals surface area contributed by atoms with E-state index in [1.807, 2.05) is 0 Å². The van der Waals surface area contributed by atoms with E-state index in [0.717, 1.165) is 0 Å². The van der Waals surface area contributed by atoms with Gasteiger partial charge in [-0.15, -0.1) is 0 Å². The molecule has 1 amide bonds. The van der Waals surface area contributed by atoms with Crippen LogP contribution < -0.4 is 20.4 Å². The van der Waals surface area contributed by atoms with Gasteiger partial charge in [-0.2, -0.15) is 0 Å². The van der Waals surface area contributed by atoms with Crippen molar-refractivity contribution in [3.05, 3.63) is 74.6 Å². The molecule has 1 unspecified atom stereocenters. The quantitative estimate of drug-likeness (QED) is 0.519. The summed E-state index contributed by atoms with van der Waals surface area (Å²) in [5.41, 5.74) is 0.675. The van der Waals surface area contributed by atoms with Gasteiger partial charge in [-0.25, -0.2) is 4.79 Å². The number of rotatable bonds is 4. The van der Waals surface area contributed by atoms with E-state index < -0.39 is 16.8 Å². The molecule has 1 aromatic heterocycles. The van der Waals surface area contributed by atoms with E-state index in [1.165, 1.54) is 32.2 Å². The van der Waals surface area contributed by atoms with Gasteiger partial charge in [0.05, 0.1) is 28.7 Å². The summed E-state index contributed by atoms with van der Waals surface area (Å²) < 4.78 is 16.5. The zero-order chi connectivity index (χ0) is 21.4. The molecule has 3 aromatic rings. The van der Waals surface area contributed by atoms with Crippen molar-refractivity contribution in [3.8, 4) is 33.9 Å². The van der Waals surface area contributed by atoms with Gasteiger partial charge >= 0.3 is 5.63 Å². The van der Waals surface area contributed by atoms with Crippen molar-refractivity contribution in [2.24, 2.45) is 0 Å². The minimum atomic E-state index is -0.923. The SMILES string of the molecule is COc1ccc(-c2cc3c(oc2=O)-c2cc([N+](=O)[O-])ccc2OC3NC(C)=O)cc1. The van der Waals surface area contributed by atoms with Crippen molar-refractivity contribution in [1.82, 2.24) is 5.32 Å². The van der Waals surface area contributed by atoms with Crippen molar-refractivity contribution in [2.75, 3.05) is 7.11 Å². The largest absolute Gasteiger partial charge is 0.497 e. The Morgan fingerprint density at radius 2 is 1.87 bits per heavy atom. The third-order valence-corrected chi connectivity index (χ3v) is 4.66. The maximum Gasteiger partial charge on any atom is 0.344 e. The number of fused-ring (bicyclic) bond motifs is 3. The number of amides is 1. The third kappa shape index (κ3) is 3.37. The fourth-order valence-electron chi connectivity index (χ4n) is 3.26. The van der Waals surface area contributed by atoms with Crippen LogP contribution in [0.3, 0.4) is 0 Å². The normalized spacial score (nSPS) is 14.1. The summed E-state index contributed by atoms with van der Waals surface area (Å²) in [4.78, 5) is 35.0. The first-order valence-electron chi connectivity index (χ1n) is 8.92. The molecular formula is C21H16N2O7. The molecule has 0 saturated heterocycles. The molecule has 2 heterocycles. The van der Waals surface area contributed by atoms with Crippen molar-refractivity contribution in [3.63, 3.8) is 0 Å². The van der Waals surface area contributed by atoms with E-state index in [9.17, 15) is 19.7 Å². The van der Waals surface area contributed by atoms with E-state index in [4.69, 9.17) is 13.9 Å². The number of hydrogen-bond acceptors (Lipinski definition) is 7. The lowest BCUT2D eigenvalue weighted by Gasteiger charge is -2.27. The third-order valence-electron chi connectivity index (χ3n) is 4.66. The summed E-state index contributed by atoms with van der Waals surface area (Å²) in [5.74, 6) is 0.642. The topological polar surface area (TPSA) is 121 Å². The van der Waals surface area contributed by atoms with Crippen LogP contribution in [0.4, 0.5) is 5.69 Å². The number of benzene rings is 2. The number of nitrogens with one attached hydrogen (secondary N) is 1.